The van der Waals surface area contributed by atoms with E-state index in [-0.39, 0.29) is 42.2 Å². The Morgan fingerprint density at radius 2 is 1.64 bits per heavy atom. The van der Waals surface area contributed by atoms with E-state index < -0.39 is 0 Å². The Hall–Kier alpha value is -4.06. The Morgan fingerprint density at radius 3 is 2.44 bits per heavy atom. The van der Waals surface area contributed by atoms with Gasteiger partial charge in [-0.2, -0.15) is 11.8 Å². The molecular formula is C27H28N8O3S. The van der Waals surface area contributed by atoms with Gasteiger partial charge in [0.05, 0.1) is 40.3 Å². The number of pyridine rings is 2. The number of amides is 4. The van der Waals surface area contributed by atoms with Crippen LogP contribution in [0.5, 0.6) is 0 Å². The number of nitrogens with zero attached hydrogens (tertiary/aromatic N) is 4. The maximum absolute atomic E-state index is 12.8. The van der Waals surface area contributed by atoms with Crippen molar-refractivity contribution in [2.75, 3.05) is 18.8 Å². The zero-order chi connectivity index (χ0) is 26.8. The lowest BCUT2D eigenvalue weighted by atomic mass is 10.0. The molecule has 39 heavy (non-hydrogen) atoms. The van der Waals surface area contributed by atoms with Crippen LogP contribution in [0.1, 0.15) is 36.2 Å². The van der Waals surface area contributed by atoms with Crippen molar-refractivity contribution in [1.82, 2.24) is 41.2 Å². The largest absolute Gasteiger partial charge is 0.354 e. The van der Waals surface area contributed by atoms with Gasteiger partial charge < -0.3 is 21.3 Å². The van der Waals surface area contributed by atoms with E-state index in [0.717, 1.165) is 41.3 Å². The van der Waals surface area contributed by atoms with Crippen LogP contribution in [0.25, 0.3) is 32.8 Å². The molecule has 3 aromatic heterocycles. The number of nitrogens with one attached hydrogen (secondary N) is 4. The van der Waals surface area contributed by atoms with Gasteiger partial charge in [0, 0.05) is 53.7 Å². The summed E-state index contributed by atoms with van der Waals surface area (Å²) in [4.78, 5) is 54.6. The number of rotatable bonds is 9. The summed E-state index contributed by atoms with van der Waals surface area (Å²) in [6.07, 6.45) is 8.01. The lowest BCUT2D eigenvalue weighted by molar-refractivity contribution is -0.121. The van der Waals surface area contributed by atoms with Gasteiger partial charge in [-0.15, -0.1) is 0 Å². The minimum absolute atomic E-state index is 0.0398. The number of benzene rings is 1. The molecule has 0 aliphatic carbocycles. The maximum Gasteiger partial charge on any atom is 0.315 e. The van der Waals surface area contributed by atoms with Crippen LogP contribution in [0, 0.1) is 0 Å². The lowest BCUT2D eigenvalue weighted by Crippen LogP contribution is -2.36. The van der Waals surface area contributed by atoms with E-state index in [9.17, 15) is 14.4 Å². The molecule has 6 rings (SSSR count). The second-order valence-corrected chi connectivity index (χ2v) is 11.0. The highest BCUT2D eigenvalue weighted by atomic mass is 32.2. The Morgan fingerprint density at radius 1 is 0.923 bits per heavy atom. The fourth-order valence-corrected chi connectivity index (χ4v) is 6.83. The number of fused-ring (bicyclic) bond motifs is 7. The van der Waals surface area contributed by atoms with Crippen molar-refractivity contribution in [3.05, 3.63) is 48.5 Å². The molecule has 5 heterocycles. The number of urea groups is 1. The third-order valence-corrected chi connectivity index (χ3v) is 8.68. The molecule has 11 nitrogen and oxygen atoms in total. The molecular weight excluding hydrogens is 516 g/mol. The topological polar surface area (TPSA) is 151 Å². The molecule has 1 aromatic carbocycles. The Bertz CT molecular complexity index is 1550. The third kappa shape index (κ3) is 5.16. The first kappa shape index (κ1) is 25.2. The van der Waals surface area contributed by atoms with Crippen molar-refractivity contribution in [3.63, 3.8) is 0 Å². The van der Waals surface area contributed by atoms with E-state index in [1.807, 2.05) is 36.0 Å². The Balaban J connectivity index is 0.985. The summed E-state index contributed by atoms with van der Waals surface area (Å²) in [5.74, 6) is 0.539. The number of carbonyl (C=O) groups is 3. The number of aromatic nitrogens is 4. The highest BCUT2D eigenvalue weighted by Crippen LogP contribution is 2.33. The molecule has 2 aliphatic rings. The number of thioether (sulfide) groups is 1. The molecule has 12 heteroatoms. The quantitative estimate of drug-likeness (QED) is 0.142. The number of hydrogen-bond donors (Lipinski definition) is 4. The second-order valence-electron chi connectivity index (χ2n) is 9.73. The van der Waals surface area contributed by atoms with Gasteiger partial charge in [0.15, 0.2) is 0 Å². The molecule has 200 valence electrons. The van der Waals surface area contributed by atoms with Crippen LogP contribution in [0.15, 0.2) is 42.9 Å². The van der Waals surface area contributed by atoms with Crippen LogP contribution < -0.4 is 21.3 Å². The van der Waals surface area contributed by atoms with Crippen molar-refractivity contribution in [3.8, 4) is 0 Å². The minimum Gasteiger partial charge on any atom is -0.354 e. The summed E-state index contributed by atoms with van der Waals surface area (Å²) in [6, 6.07) is 7.82. The second kappa shape index (κ2) is 11.0. The van der Waals surface area contributed by atoms with E-state index in [2.05, 4.69) is 41.2 Å². The van der Waals surface area contributed by atoms with Crippen LogP contribution in [-0.4, -0.2) is 74.0 Å². The average Bonchev–Trinajstić information content (AvgIpc) is 3.52. The number of carbonyl (C=O) groups excluding carboxylic acids is 3. The predicted octanol–water partition coefficient (Wildman–Crippen LogP) is 2.30. The van der Waals surface area contributed by atoms with Gasteiger partial charge >= 0.3 is 6.03 Å². The summed E-state index contributed by atoms with van der Waals surface area (Å²) >= 11 is 1.88. The smallest absolute Gasteiger partial charge is 0.315 e. The molecule has 4 amide bonds. The van der Waals surface area contributed by atoms with Crippen molar-refractivity contribution in [2.45, 2.75) is 43.0 Å². The molecule has 4 aromatic rings. The standard InChI is InChI=1S/C27H28N8O3S/c36-20(8-2-1-7-19-25-18(14-39-19)34-27(38)35-25)28-11-12-31-26(37)17-13-32-23-15-5-3-9-29-21(15)22-16(24(23)33-17)6-4-10-30-22/h3-6,9-10,13,18-19,25H,1-2,7-8,11-12,14H2,(H,28,36)(H,31,37)(H2,34,35,38)/t18-,19-,25-/m0/s1. The minimum atomic E-state index is -0.358. The zero-order valence-electron chi connectivity index (χ0n) is 21.1. The van der Waals surface area contributed by atoms with Crippen molar-refractivity contribution in [2.24, 2.45) is 0 Å². The summed E-state index contributed by atoms with van der Waals surface area (Å²) in [6.45, 7) is 0.609. The van der Waals surface area contributed by atoms with Crippen LogP contribution in [0.3, 0.4) is 0 Å². The third-order valence-electron chi connectivity index (χ3n) is 7.17. The van der Waals surface area contributed by atoms with Gasteiger partial charge in [0.1, 0.15) is 5.69 Å². The van der Waals surface area contributed by atoms with Crippen LogP contribution in [-0.2, 0) is 4.79 Å². The molecule has 0 radical (unpaired) electrons. The lowest BCUT2D eigenvalue weighted by Gasteiger charge is -2.16. The molecule has 2 fully saturated rings. The van der Waals surface area contributed by atoms with Gasteiger partial charge in [-0.3, -0.25) is 24.5 Å². The molecule has 2 aliphatic heterocycles. The number of unbranched alkanes of at least 4 members (excludes halogenated alkanes) is 1. The predicted molar refractivity (Wildman–Crippen MR) is 149 cm³/mol. The normalized spacial score (nSPS) is 20.1. The van der Waals surface area contributed by atoms with E-state index in [4.69, 9.17) is 0 Å². The van der Waals surface area contributed by atoms with Crippen LogP contribution >= 0.6 is 11.8 Å². The first-order chi connectivity index (χ1) is 19.1. The fourth-order valence-electron chi connectivity index (χ4n) is 5.28. The van der Waals surface area contributed by atoms with Crippen LogP contribution in [0.4, 0.5) is 4.79 Å². The highest BCUT2D eigenvalue weighted by molar-refractivity contribution is 8.00. The van der Waals surface area contributed by atoms with Gasteiger partial charge in [-0.1, -0.05) is 6.42 Å². The molecule has 0 bridgehead atoms. The molecule has 2 saturated heterocycles. The average molecular weight is 545 g/mol. The monoisotopic (exact) mass is 544 g/mol. The van der Waals surface area contributed by atoms with Gasteiger partial charge in [-0.05, 0) is 37.1 Å². The van der Waals surface area contributed by atoms with Gasteiger partial charge in [0.25, 0.3) is 5.91 Å². The van der Waals surface area contributed by atoms with E-state index in [1.54, 1.807) is 12.4 Å². The molecule has 3 atom stereocenters. The molecule has 0 spiro atoms. The van der Waals surface area contributed by atoms with E-state index >= 15 is 0 Å². The zero-order valence-corrected chi connectivity index (χ0v) is 22.0. The van der Waals surface area contributed by atoms with Crippen molar-refractivity contribution < 1.29 is 14.4 Å². The van der Waals surface area contributed by atoms with E-state index in [1.165, 1.54) is 6.20 Å². The Kier molecular flexibility index (Phi) is 7.10. The summed E-state index contributed by atoms with van der Waals surface area (Å²) < 4.78 is 0. The first-order valence-corrected chi connectivity index (χ1v) is 14.1. The highest BCUT2D eigenvalue weighted by Gasteiger charge is 2.42. The summed E-state index contributed by atoms with van der Waals surface area (Å²) in [5.41, 5.74) is 2.91. The van der Waals surface area contributed by atoms with Crippen molar-refractivity contribution in [1.29, 1.82) is 0 Å². The number of hydrogen-bond acceptors (Lipinski definition) is 8. The maximum atomic E-state index is 12.8. The first-order valence-electron chi connectivity index (χ1n) is 13.1. The SMILES string of the molecule is O=C(CCCC[C@@H]1SC[C@@H]2NC(=O)N[C@@H]21)NCCNC(=O)c1cnc2c3cccnc3c3ncccc3c2n1. The summed E-state index contributed by atoms with van der Waals surface area (Å²) in [7, 11) is 0. The van der Waals surface area contributed by atoms with Gasteiger partial charge in [-0.25, -0.2) is 9.78 Å². The fraction of sp³-hybridized carbons (Fsp3) is 0.370. The molecule has 4 N–H and O–H groups in total. The molecule has 0 saturated carbocycles. The summed E-state index contributed by atoms with van der Waals surface area (Å²) in [5, 5.41) is 13.6. The van der Waals surface area contributed by atoms with Gasteiger partial charge in [0.2, 0.25) is 5.91 Å². The van der Waals surface area contributed by atoms with E-state index in [0.29, 0.717) is 34.8 Å². The molecule has 0 unspecified atom stereocenters. The Labute approximate surface area is 228 Å². The van der Waals surface area contributed by atoms with Crippen LogP contribution in [0.2, 0.25) is 0 Å². The van der Waals surface area contributed by atoms with Crippen molar-refractivity contribution >= 4 is 62.4 Å².